The van der Waals surface area contributed by atoms with Gasteiger partial charge in [0.15, 0.2) is 0 Å². The lowest BCUT2D eigenvalue weighted by Gasteiger charge is -2.16. The Morgan fingerprint density at radius 3 is 2.45 bits per heavy atom. The summed E-state index contributed by atoms with van der Waals surface area (Å²) in [7, 11) is 1.61. The number of halogens is 1. The van der Waals surface area contributed by atoms with Crippen LogP contribution >= 0.6 is 11.6 Å². The van der Waals surface area contributed by atoms with Crippen LogP contribution in [0.4, 0.5) is 0 Å². The van der Waals surface area contributed by atoms with Gasteiger partial charge in [0.25, 0.3) is 5.91 Å². The van der Waals surface area contributed by atoms with Gasteiger partial charge < -0.3 is 19.5 Å². The molecule has 1 unspecified atom stereocenters. The highest BCUT2D eigenvalue weighted by atomic mass is 35.5. The molecule has 0 saturated heterocycles. The second-order valence-corrected chi connectivity index (χ2v) is 7.41. The zero-order valence-corrected chi connectivity index (χ0v) is 18.6. The van der Waals surface area contributed by atoms with Gasteiger partial charge >= 0.3 is 0 Å². The van der Waals surface area contributed by atoms with Gasteiger partial charge in [-0.15, -0.1) is 0 Å². The fraction of sp³-hybridized carbons (Fsp3) is 0.240. The Kier molecular flexibility index (Phi) is 7.79. The van der Waals surface area contributed by atoms with Gasteiger partial charge in [0.1, 0.15) is 23.9 Å². The molecule has 162 valence electrons. The number of carbonyl (C=O) groups excluding carboxylic acids is 1. The maximum atomic E-state index is 12.8. The Labute approximate surface area is 187 Å². The van der Waals surface area contributed by atoms with E-state index in [1.54, 1.807) is 25.3 Å². The molecule has 0 aliphatic heterocycles. The first kappa shape index (κ1) is 22.5. The van der Waals surface area contributed by atoms with Crippen LogP contribution in [0.1, 0.15) is 41.4 Å². The lowest BCUT2D eigenvalue weighted by Crippen LogP contribution is -2.26. The lowest BCUT2D eigenvalue weighted by molar-refractivity contribution is 0.0939. The summed E-state index contributed by atoms with van der Waals surface area (Å²) >= 11 is 5.95. The smallest absolute Gasteiger partial charge is 0.251 e. The third-order valence-corrected chi connectivity index (χ3v) is 5.03. The standard InChI is InChI=1S/C25H26ClNO4/c1-4-30-24-13-10-19(25(28)27-17(2)18-8-11-21(26)12-9-18)14-20(24)16-31-23-7-5-6-22(15-23)29-3/h5-15,17H,4,16H2,1-3H3,(H,27,28). The van der Waals surface area contributed by atoms with Crippen molar-refractivity contribution in [2.24, 2.45) is 0 Å². The summed E-state index contributed by atoms with van der Waals surface area (Å²) in [6, 6.07) is 20.0. The minimum Gasteiger partial charge on any atom is -0.497 e. The minimum atomic E-state index is -0.173. The van der Waals surface area contributed by atoms with Crippen molar-refractivity contribution in [2.45, 2.75) is 26.5 Å². The van der Waals surface area contributed by atoms with E-state index in [1.807, 2.05) is 62.4 Å². The zero-order valence-electron chi connectivity index (χ0n) is 17.9. The fourth-order valence-corrected chi connectivity index (χ4v) is 3.22. The van der Waals surface area contributed by atoms with Crippen LogP contribution in [0.2, 0.25) is 5.02 Å². The number of amides is 1. The van der Waals surface area contributed by atoms with Gasteiger partial charge in [0.05, 0.1) is 19.8 Å². The normalized spacial score (nSPS) is 11.5. The first-order chi connectivity index (χ1) is 15.0. The fourth-order valence-electron chi connectivity index (χ4n) is 3.10. The predicted octanol–water partition coefficient (Wildman–Crippen LogP) is 5.82. The molecule has 0 aliphatic rings. The van der Waals surface area contributed by atoms with Gasteiger partial charge in [-0.2, -0.15) is 0 Å². The molecule has 0 bridgehead atoms. The topological polar surface area (TPSA) is 56.8 Å². The summed E-state index contributed by atoms with van der Waals surface area (Å²) < 4.78 is 16.9. The summed E-state index contributed by atoms with van der Waals surface area (Å²) in [5.74, 6) is 1.90. The Hall–Kier alpha value is -3.18. The summed E-state index contributed by atoms with van der Waals surface area (Å²) in [5.41, 5.74) is 2.30. The van der Waals surface area contributed by atoms with Gasteiger partial charge in [-0.25, -0.2) is 0 Å². The van der Waals surface area contributed by atoms with E-state index in [1.165, 1.54) is 0 Å². The molecule has 3 aromatic rings. The highest BCUT2D eigenvalue weighted by Gasteiger charge is 2.15. The molecule has 1 N–H and O–H groups in total. The Morgan fingerprint density at radius 1 is 1.00 bits per heavy atom. The zero-order chi connectivity index (χ0) is 22.2. The van der Waals surface area contributed by atoms with Crippen LogP contribution in [-0.2, 0) is 6.61 Å². The third kappa shape index (κ3) is 6.15. The van der Waals surface area contributed by atoms with Crippen LogP contribution in [0, 0.1) is 0 Å². The van der Waals surface area contributed by atoms with Crippen molar-refractivity contribution in [3.8, 4) is 17.2 Å². The summed E-state index contributed by atoms with van der Waals surface area (Å²) in [6.45, 7) is 4.63. The third-order valence-electron chi connectivity index (χ3n) is 4.78. The summed E-state index contributed by atoms with van der Waals surface area (Å²) in [6.07, 6.45) is 0. The number of methoxy groups -OCH3 is 1. The molecule has 0 fully saturated rings. The molecule has 3 rings (SSSR count). The number of carbonyl (C=O) groups is 1. The van der Waals surface area contributed by atoms with E-state index in [2.05, 4.69) is 5.32 Å². The van der Waals surface area contributed by atoms with Crippen molar-refractivity contribution in [1.29, 1.82) is 0 Å². The molecular formula is C25H26ClNO4. The van der Waals surface area contributed by atoms with E-state index in [0.29, 0.717) is 34.4 Å². The van der Waals surface area contributed by atoms with Crippen molar-refractivity contribution in [2.75, 3.05) is 13.7 Å². The van der Waals surface area contributed by atoms with E-state index in [0.717, 1.165) is 11.1 Å². The summed E-state index contributed by atoms with van der Waals surface area (Å²) in [5, 5.41) is 3.68. The van der Waals surface area contributed by atoms with E-state index < -0.39 is 0 Å². The maximum absolute atomic E-state index is 12.8. The number of nitrogens with one attached hydrogen (secondary N) is 1. The van der Waals surface area contributed by atoms with E-state index >= 15 is 0 Å². The molecule has 6 heteroatoms. The average Bonchev–Trinajstić information content (AvgIpc) is 2.79. The number of hydrogen-bond donors (Lipinski definition) is 1. The minimum absolute atomic E-state index is 0.159. The second kappa shape index (κ2) is 10.7. The van der Waals surface area contributed by atoms with Crippen molar-refractivity contribution in [3.05, 3.63) is 88.4 Å². The molecule has 1 amide bonds. The SMILES string of the molecule is CCOc1ccc(C(=O)NC(C)c2ccc(Cl)cc2)cc1COc1cccc(OC)c1. The largest absolute Gasteiger partial charge is 0.497 e. The molecule has 31 heavy (non-hydrogen) atoms. The average molecular weight is 440 g/mol. The van der Waals surface area contributed by atoms with E-state index in [4.69, 9.17) is 25.8 Å². The Balaban J connectivity index is 1.74. The number of ether oxygens (including phenoxy) is 3. The van der Waals surface area contributed by atoms with Crippen LogP contribution in [0.25, 0.3) is 0 Å². The monoisotopic (exact) mass is 439 g/mol. The number of rotatable bonds is 9. The Morgan fingerprint density at radius 2 is 1.74 bits per heavy atom. The van der Waals surface area contributed by atoms with Crippen LogP contribution in [0.5, 0.6) is 17.2 Å². The second-order valence-electron chi connectivity index (χ2n) is 6.97. The molecule has 0 heterocycles. The Bertz CT molecular complexity index is 1020. The van der Waals surface area contributed by atoms with Gasteiger partial charge in [-0.05, 0) is 61.9 Å². The highest BCUT2D eigenvalue weighted by molar-refractivity contribution is 6.30. The number of benzene rings is 3. The predicted molar refractivity (Wildman–Crippen MR) is 122 cm³/mol. The molecule has 0 aliphatic carbocycles. The molecule has 0 aromatic heterocycles. The first-order valence-corrected chi connectivity index (χ1v) is 10.5. The summed E-state index contributed by atoms with van der Waals surface area (Å²) in [4.78, 5) is 12.8. The van der Waals surface area contributed by atoms with Gasteiger partial charge in [0.2, 0.25) is 0 Å². The van der Waals surface area contributed by atoms with Crippen LogP contribution in [-0.4, -0.2) is 19.6 Å². The first-order valence-electron chi connectivity index (χ1n) is 10.1. The lowest BCUT2D eigenvalue weighted by atomic mass is 10.1. The number of hydrogen-bond acceptors (Lipinski definition) is 4. The molecule has 0 radical (unpaired) electrons. The van der Waals surface area contributed by atoms with Gasteiger partial charge in [-0.1, -0.05) is 29.8 Å². The van der Waals surface area contributed by atoms with Crippen molar-refractivity contribution >= 4 is 17.5 Å². The maximum Gasteiger partial charge on any atom is 0.251 e. The van der Waals surface area contributed by atoms with E-state index in [-0.39, 0.29) is 18.6 Å². The molecule has 0 saturated carbocycles. The van der Waals surface area contributed by atoms with Crippen LogP contribution in [0.15, 0.2) is 66.7 Å². The van der Waals surface area contributed by atoms with Crippen LogP contribution < -0.4 is 19.5 Å². The molecule has 0 spiro atoms. The molecule has 3 aromatic carbocycles. The van der Waals surface area contributed by atoms with E-state index in [9.17, 15) is 4.79 Å². The van der Waals surface area contributed by atoms with Crippen molar-refractivity contribution in [1.82, 2.24) is 5.32 Å². The molecule has 5 nitrogen and oxygen atoms in total. The molecule has 1 atom stereocenters. The van der Waals surface area contributed by atoms with Gasteiger partial charge in [-0.3, -0.25) is 4.79 Å². The quantitative estimate of drug-likeness (QED) is 0.456. The van der Waals surface area contributed by atoms with Crippen LogP contribution in [0.3, 0.4) is 0 Å². The van der Waals surface area contributed by atoms with Crippen molar-refractivity contribution < 1.29 is 19.0 Å². The molecular weight excluding hydrogens is 414 g/mol. The highest BCUT2D eigenvalue weighted by Crippen LogP contribution is 2.25. The van der Waals surface area contributed by atoms with Gasteiger partial charge in [0, 0.05) is 22.2 Å². The van der Waals surface area contributed by atoms with Crippen molar-refractivity contribution in [3.63, 3.8) is 0 Å².